The van der Waals surface area contributed by atoms with E-state index < -0.39 is 0 Å². The van der Waals surface area contributed by atoms with Crippen LogP contribution in [0.4, 0.5) is 0 Å². The third-order valence-corrected chi connectivity index (χ3v) is 3.89. The Morgan fingerprint density at radius 2 is 2.05 bits per heavy atom. The molecule has 0 bridgehead atoms. The standard InChI is InChI=1S/C14H21N5O/c20-9-7-12-10-18(17-15-12)11-13-6-8-19(16-13)14-4-2-1-3-5-14/h6,8,10,14,20H,1-5,7,9,11H2. The number of hydrogen-bond donors (Lipinski definition) is 1. The average molecular weight is 275 g/mol. The zero-order chi connectivity index (χ0) is 13.8. The van der Waals surface area contributed by atoms with E-state index in [1.807, 2.05) is 6.20 Å². The minimum atomic E-state index is 0.106. The van der Waals surface area contributed by atoms with Gasteiger partial charge in [-0.15, -0.1) is 5.10 Å². The number of hydrogen-bond acceptors (Lipinski definition) is 4. The van der Waals surface area contributed by atoms with Gasteiger partial charge in [-0.05, 0) is 18.9 Å². The Hall–Kier alpha value is -1.69. The molecule has 1 aliphatic carbocycles. The molecule has 2 heterocycles. The smallest absolute Gasteiger partial charge is 0.0867 e. The molecule has 2 aromatic rings. The summed E-state index contributed by atoms with van der Waals surface area (Å²) in [5.41, 5.74) is 1.83. The van der Waals surface area contributed by atoms with E-state index in [0.29, 0.717) is 19.0 Å². The van der Waals surface area contributed by atoms with Crippen molar-refractivity contribution in [3.8, 4) is 0 Å². The van der Waals surface area contributed by atoms with E-state index in [0.717, 1.165) is 11.4 Å². The summed E-state index contributed by atoms with van der Waals surface area (Å²) in [6, 6.07) is 2.63. The first-order valence-electron chi connectivity index (χ1n) is 7.39. The van der Waals surface area contributed by atoms with E-state index in [9.17, 15) is 0 Å². The first kappa shape index (κ1) is 13.3. The Balaban J connectivity index is 1.63. The van der Waals surface area contributed by atoms with Gasteiger partial charge in [0.25, 0.3) is 0 Å². The summed E-state index contributed by atoms with van der Waals surface area (Å²) in [7, 11) is 0. The molecule has 0 aromatic carbocycles. The summed E-state index contributed by atoms with van der Waals surface area (Å²) in [6.45, 7) is 0.743. The quantitative estimate of drug-likeness (QED) is 0.899. The highest BCUT2D eigenvalue weighted by Gasteiger charge is 2.16. The van der Waals surface area contributed by atoms with Gasteiger partial charge in [-0.2, -0.15) is 5.10 Å². The molecule has 1 aliphatic rings. The molecule has 1 fully saturated rings. The van der Waals surface area contributed by atoms with Crippen LogP contribution in [0.2, 0.25) is 0 Å². The average Bonchev–Trinajstić information content (AvgIpc) is 3.11. The normalized spacial score (nSPS) is 16.6. The third-order valence-electron chi connectivity index (χ3n) is 3.89. The number of aromatic nitrogens is 5. The van der Waals surface area contributed by atoms with E-state index in [-0.39, 0.29) is 6.61 Å². The van der Waals surface area contributed by atoms with Gasteiger partial charge in [0.05, 0.1) is 24.0 Å². The van der Waals surface area contributed by atoms with Crippen LogP contribution in [-0.2, 0) is 13.0 Å². The lowest BCUT2D eigenvalue weighted by Crippen LogP contribution is -2.13. The fourth-order valence-corrected chi connectivity index (χ4v) is 2.82. The minimum absolute atomic E-state index is 0.106. The van der Waals surface area contributed by atoms with Gasteiger partial charge < -0.3 is 5.11 Å². The summed E-state index contributed by atoms with van der Waals surface area (Å²) in [6.07, 6.45) is 11.0. The maximum atomic E-state index is 8.87. The van der Waals surface area contributed by atoms with E-state index in [1.54, 1.807) is 4.68 Å². The van der Waals surface area contributed by atoms with Crippen molar-refractivity contribution in [2.24, 2.45) is 0 Å². The zero-order valence-corrected chi connectivity index (χ0v) is 11.6. The van der Waals surface area contributed by atoms with Gasteiger partial charge in [0.2, 0.25) is 0 Å². The molecule has 0 radical (unpaired) electrons. The molecule has 0 atom stereocenters. The molecule has 20 heavy (non-hydrogen) atoms. The van der Waals surface area contributed by atoms with Crippen molar-refractivity contribution in [3.63, 3.8) is 0 Å². The molecule has 6 nitrogen and oxygen atoms in total. The van der Waals surface area contributed by atoms with E-state index in [4.69, 9.17) is 5.11 Å². The molecule has 1 N–H and O–H groups in total. The first-order chi connectivity index (χ1) is 9.85. The Bertz CT molecular complexity index is 541. The topological polar surface area (TPSA) is 68.8 Å². The Labute approximate surface area is 118 Å². The third kappa shape index (κ3) is 3.07. The van der Waals surface area contributed by atoms with Crippen molar-refractivity contribution >= 4 is 0 Å². The summed E-state index contributed by atoms with van der Waals surface area (Å²) in [5, 5.41) is 21.6. The Morgan fingerprint density at radius 3 is 2.85 bits per heavy atom. The Kier molecular flexibility index (Phi) is 4.11. The lowest BCUT2D eigenvalue weighted by Gasteiger charge is -2.21. The van der Waals surface area contributed by atoms with Crippen molar-refractivity contribution in [1.29, 1.82) is 0 Å². The predicted molar refractivity (Wildman–Crippen MR) is 74.3 cm³/mol. The summed E-state index contributed by atoms with van der Waals surface area (Å²) >= 11 is 0. The number of rotatable bonds is 5. The minimum Gasteiger partial charge on any atom is -0.396 e. The SMILES string of the molecule is OCCc1cn(Cc2ccn(C3CCCCC3)n2)nn1. The van der Waals surface area contributed by atoms with Crippen LogP contribution in [0.5, 0.6) is 0 Å². The van der Waals surface area contributed by atoms with Gasteiger partial charge >= 0.3 is 0 Å². The highest BCUT2D eigenvalue weighted by atomic mass is 16.3. The molecule has 0 unspecified atom stereocenters. The van der Waals surface area contributed by atoms with Crippen LogP contribution in [0.1, 0.15) is 49.5 Å². The monoisotopic (exact) mass is 275 g/mol. The second-order valence-corrected chi connectivity index (χ2v) is 5.46. The van der Waals surface area contributed by atoms with Gasteiger partial charge in [-0.3, -0.25) is 4.68 Å². The fraction of sp³-hybridized carbons (Fsp3) is 0.643. The Morgan fingerprint density at radius 1 is 1.20 bits per heavy atom. The highest BCUT2D eigenvalue weighted by molar-refractivity contribution is 5.02. The lowest BCUT2D eigenvalue weighted by molar-refractivity contribution is 0.298. The van der Waals surface area contributed by atoms with E-state index in [2.05, 4.69) is 32.4 Å². The zero-order valence-electron chi connectivity index (χ0n) is 11.6. The van der Waals surface area contributed by atoms with Crippen LogP contribution in [0.3, 0.4) is 0 Å². The molecule has 108 valence electrons. The first-order valence-corrected chi connectivity index (χ1v) is 7.39. The van der Waals surface area contributed by atoms with Gasteiger partial charge in [0, 0.05) is 25.4 Å². The van der Waals surface area contributed by atoms with Crippen molar-refractivity contribution in [1.82, 2.24) is 24.8 Å². The lowest BCUT2D eigenvalue weighted by atomic mass is 9.96. The van der Waals surface area contributed by atoms with Gasteiger partial charge in [-0.25, -0.2) is 4.68 Å². The predicted octanol–water partition coefficient (Wildman–Crippen LogP) is 1.56. The molecule has 0 amide bonds. The van der Waals surface area contributed by atoms with Crippen LogP contribution in [-0.4, -0.2) is 36.5 Å². The van der Waals surface area contributed by atoms with Crippen LogP contribution in [0.15, 0.2) is 18.5 Å². The van der Waals surface area contributed by atoms with Crippen molar-refractivity contribution < 1.29 is 5.11 Å². The molecule has 6 heteroatoms. The van der Waals surface area contributed by atoms with E-state index in [1.165, 1.54) is 32.1 Å². The molecule has 2 aromatic heterocycles. The fourth-order valence-electron chi connectivity index (χ4n) is 2.82. The van der Waals surface area contributed by atoms with Crippen LogP contribution < -0.4 is 0 Å². The van der Waals surface area contributed by atoms with Gasteiger partial charge in [0.1, 0.15) is 0 Å². The summed E-state index contributed by atoms with van der Waals surface area (Å²) < 4.78 is 3.89. The maximum absolute atomic E-state index is 8.87. The maximum Gasteiger partial charge on any atom is 0.0867 e. The molecule has 0 aliphatic heterocycles. The molecular formula is C14H21N5O. The van der Waals surface area contributed by atoms with Crippen molar-refractivity contribution in [2.75, 3.05) is 6.61 Å². The summed E-state index contributed by atoms with van der Waals surface area (Å²) in [4.78, 5) is 0. The van der Waals surface area contributed by atoms with Crippen molar-refractivity contribution in [2.45, 2.75) is 51.1 Å². The largest absolute Gasteiger partial charge is 0.396 e. The molecule has 0 spiro atoms. The second-order valence-electron chi connectivity index (χ2n) is 5.46. The number of nitrogens with zero attached hydrogens (tertiary/aromatic N) is 5. The second kappa shape index (κ2) is 6.17. The molecule has 0 saturated heterocycles. The van der Waals surface area contributed by atoms with Gasteiger partial charge in [0.15, 0.2) is 0 Å². The van der Waals surface area contributed by atoms with Gasteiger partial charge in [-0.1, -0.05) is 24.5 Å². The summed E-state index contributed by atoms with van der Waals surface area (Å²) in [5.74, 6) is 0. The van der Waals surface area contributed by atoms with Crippen molar-refractivity contribution in [3.05, 3.63) is 29.8 Å². The molecule has 1 saturated carbocycles. The van der Waals surface area contributed by atoms with E-state index >= 15 is 0 Å². The molecular weight excluding hydrogens is 254 g/mol. The van der Waals surface area contributed by atoms with Crippen LogP contribution >= 0.6 is 0 Å². The number of aliphatic hydroxyl groups excluding tert-OH is 1. The number of aliphatic hydroxyl groups is 1. The van der Waals surface area contributed by atoms with Crippen LogP contribution in [0.25, 0.3) is 0 Å². The highest BCUT2D eigenvalue weighted by Crippen LogP contribution is 2.27. The molecule has 3 rings (SSSR count). The van der Waals surface area contributed by atoms with Crippen LogP contribution in [0, 0.1) is 0 Å².